The molecule has 5 nitrogen and oxygen atoms in total. The first-order chi connectivity index (χ1) is 9.92. The van der Waals surface area contributed by atoms with Crippen molar-refractivity contribution >= 4 is 5.97 Å². The zero-order valence-electron chi connectivity index (χ0n) is 12.2. The molecule has 0 saturated carbocycles. The molecule has 1 aromatic heterocycles. The highest BCUT2D eigenvalue weighted by Crippen LogP contribution is 2.30. The third-order valence-corrected chi connectivity index (χ3v) is 3.33. The summed E-state index contributed by atoms with van der Waals surface area (Å²) in [4.78, 5) is 22.7. The van der Waals surface area contributed by atoms with Crippen LogP contribution in [0.15, 0.2) is 35.3 Å². The van der Waals surface area contributed by atoms with Gasteiger partial charge in [0.15, 0.2) is 0 Å². The van der Waals surface area contributed by atoms with E-state index in [0.717, 1.165) is 28.0 Å². The molecule has 1 heterocycles. The number of carboxylic acid groups (broad SMARTS) is 1. The quantitative estimate of drug-likeness (QED) is 0.936. The maximum Gasteiger partial charge on any atom is 0.323 e. The SMILES string of the molecule is COc1cc(C)c(-c2ccn(CC(=O)O)c(=O)c2)c(C)c1. The van der Waals surface area contributed by atoms with Crippen molar-refractivity contribution in [3.8, 4) is 16.9 Å². The molecule has 21 heavy (non-hydrogen) atoms. The number of nitrogens with zero attached hydrogens (tertiary/aromatic N) is 1. The second-order valence-corrected chi connectivity index (χ2v) is 4.91. The molecule has 0 aliphatic carbocycles. The van der Waals surface area contributed by atoms with Crippen molar-refractivity contribution in [1.29, 1.82) is 0 Å². The molecule has 0 unspecified atom stereocenters. The van der Waals surface area contributed by atoms with E-state index in [4.69, 9.17) is 9.84 Å². The van der Waals surface area contributed by atoms with Crippen LogP contribution in [-0.4, -0.2) is 22.8 Å². The summed E-state index contributed by atoms with van der Waals surface area (Å²) in [5, 5.41) is 8.75. The molecule has 0 amide bonds. The lowest BCUT2D eigenvalue weighted by molar-refractivity contribution is -0.137. The van der Waals surface area contributed by atoms with Gasteiger partial charge in [0, 0.05) is 12.3 Å². The van der Waals surface area contributed by atoms with Gasteiger partial charge in [-0.05, 0) is 54.3 Å². The molecule has 0 aliphatic rings. The van der Waals surface area contributed by atoms with Gasteiger partial charge < -0.3 is 14.4 Å². The van der Waals surface area contributed by atoms with Crippen LogP contribution in [0.4, 0.5) is 0 Å². The van der Waals surface area contributed by atoms with Crippen molar-refractivity contribution in [3.63, 3.8) is 0 Å². The predicted molar refractivity (Wildman–Crippen MR) is 79.8 cm³/mol. The highest BCUT2D eigenvalue weighted by Gasteiger charge is 2.10. The Morgan fingerprint density at radius 3 is 2.33 bits per heavy atom. The summed E-state index contributed by atoms with van der Waals surface area (Å²) in [5.41, 5.74) is 3.42. The standard InChI is InChI=1S/C16H17NO4/c1-10-6-13(21-3)7-11(2)16(10)12-4-5-17(9-15(19)20)14(18)8-12/h4-8H,9H2,1-3H3,(H,19,20). The van der Waals surface area contributed by atoms with Gasteiger partial charge in [-0.1, -0.05) is 0 Å². The van der Waals surface area contributed by atoms with Gasteiger partial charge in [-0.3, -0.25) is 9.59 Å². The summed E-state index contributed by atoms with van der Waals surface area (Å²) in [5.74, 6) is -0.269. The number of methoxy groups -OCH3 is 1. The molecule has 1 N–H and O–H groups in total. The number of ether oxygens (including phenoxy) is 1. The fourth-order valence-electron chi connectivity index (χ4n) is 2.44. The van der Waals surface area contributed by atoms with Crippen molar-refractivity contribution in [2.45, 2.75) is 20.4 Å². The summed E-state index contributed by atoms with van der Waals surface area (Å²) in [6.45, 7) is 3.57. The maximum absolute atomic E-state index is 12.0. The highest BCUT2D eigenvalue weighted by molar-refractivity contribution is 5.72. The molecule has 0 atom stereocenters. The van der Waals surface area contributed by atoms with Crippen LogP contribution in [0.3, 0.4) is 0 Å². The Bertz CT molecular complexity index is 723. The number of aryl methyl sites for hydroxylation is 2. The van der Waals surface area contributed by atoms with Crippen LogP contribution in [0.5, 0.6) is 5.75 Å². The summed E-state index contributed by atoms with van der Waals surface area (Å²) in [6, 6.07) is 7.03. The van der Waals surface area contributed by atoms with E-state index < -0.39 is 5.97 Å². The lowest BCUT2D eigenvalue weighted by atomic mass is 9.96. The van der Waals surface area contributed by atoms with E-state index in [1.165, 1.54) is 16.8 Å². The number of pyridine rings is 1. The lowest BCUT2D eigenvalue weighted by Crippen LogP contribution is -2.22. The molecular weight excluding hydrogens is 270 g/mol. The molecule has 0 fully saturated rings. The summed E-state index contributed by atoms with van der Waals surface area (Å²) in [6.07, 6.45) is 1.51. The van der Waals surface area contributed by atoms with Crippen molar-refractivity contribution in [1.82, 2.24) is 4.57 Å². The third-order valence-electron chi connectivity index (χ3n) is 3.33. The zero-order chi connectivity index (χ0) is 15.6. The van der Waals surface area contributed by atoms with Crippen molar-refractivity contribution in [3.05, 3.63) is 51.9 Å². The Morgan fingerprint density at radius 1 is 1.24 bits per heavy atom. The zero-order valence-corrected chi connectivity index (χ0v) is 12.2. The normalized spacial score (nSPS) is 10.4. The van der Waals surface area contributed by atoms with E-state index in [2.05, 4.69) is 0 Å². The number of carbonyl (C=O) groups is 1. The van der Waals surface area contributed by atoms with Gasteiger partial charge in [0.1, 0.15) is 12.3 Å². The molecule has 2 rings (SSSR count). The Balaban J connectivity index is 2.51. The van der Waals surface area contributed by atoms with Crippen molar-refractivity contribution in [2.24, 2.45) is 0 Å². The second kappa shape index (κ2) is 5.83. The molecule has 5 heteroatoms. The molecule has 110 valence electrons. The monoisotopic (exact) mass is 287 g/mol. The van der Waals surface area contributed by atoms with E-state index in [9.17, 15) is 9.59 Å². The number of benzene rings is 1. The third kappa shape index (κ3) is 3.13. The average molecular weight is 287 g/mol. The molecule has 2 aromatic rings. The predicted octanol–water partition coefficient (Wildman–Crippen LogP) is 2.23. The van der Waals surface area contributed by atoms with Crippen LogP contribution in [0.2, 0.25) is 0 Å². The van der Waals surface area contributed by atoms with Gasteiger partial charge in [0.2, 0.25) is 0 Å². The second-order valence-electron chi connectivity index (χ2n) is 4.91. The number of aliphatic carboxylic acids is 1. The van der Waals surface area contributed by atoms with Crippen LogP contribution in [0, 0.1) is 13.8 Å². The smallest absolute Gasteiger partial charge is 0.323 e. The Hall–Kier alpha value is -2.56. The Morgan fingerprint density at radius 2 is 1.86 bits per heavy atom. The number of carboxylic acids is 1. The van der Waals surface area contributed by atoms with Gasteiger partial charge in [-0.2, -0.15) is 0 Å². The maximum atomic E-state index is 12.0. The number of hydrogen-bond donors (Lipinski definition) is 1. The fraction of sp³-hybridized carbons (Fsp3) is 0.250. The first kappa shape index (κ1) is 14.8. The summed E-state index contributed by atoms with van der Waals surface area (Å²) < 4.78 is 6.39. The topological polar surface area (TPSA) is 68.5 Å². The minimum atomic E-state index is -1.04. The number of hydrogen-bond acceptors (Lipinski definition) is 3. The molecule has 1 aromatic carbocycles. The van der Waals surface area contributed by atoms with Gasteiger partial charge in [-0.15, -0.1) is 0 Å². The number of aromatic nitrogens is 1. The van der Waals surface area contributed by atoms with E-state index in [1.807, 2.05) is 26.0 Å². The molecule has 0 spiro atoms. The number of rotatable bonds is 4. The van der Waals surface area contributed by atoms with Crippen molar-refractivity contribution < 1.29 is 14.6 Å². The van der Waals surface area contributed by atoms with E-state index in [1.54, 1.807) is 13.2 Å². The van der Waals surface area contributed by atoms with E-state index in [-0.39, 0.29) is 12.1 Å². The minimum absolute atomic E-state index is 0.329. The Labute approximate surface area is 122 Å². The van der Waals surface area contributed by atoms with E-state index >= 15 is 0 Å². The van der Waals surface area contributed by atoms with Crippen LogP contribution in [-0.2, 0) is 11.3 Å². The van der Waals surface area contributed by atoms with Crippen LogP contribution >= 0.6 is 0 Å². The highest BCUT2D eigenvalue weighted by atomic mass is 16.5. The molecule has 0 radical (unpaired) electrons. The fourth-order valence-corrected chi connectivity index (χ4v) is 2.44. The van der Waals surface area contributed by atoms with Gasteiger partial charge in [-0.25, -0.2) is 0 Å². The first-order valence-corrected chi connectivity index (χ1v) is 6.50. The summed E-state index contributed by atoms with van der Waals surface area (Å²) in [7, 11) is 1.61. The minimum Gasteiger partial charge on any atom is -0.497 e. The van der Waals surface area contributed by atoms with Crippen LogP contribution in [0.1, 0.15) is 11.1 Å². The van der Waals surface area contributed by atoms with Gasteiger partial charge >= 0.3 is 5.97 Å². The molecule has 0 bridgehead atoms. The first-order valence-electron chi connectivity index (χ1n) is 6.50. The molecule has 0 saturated heterocycles. The van der Waals surface area contributed by atoms with Crippen LogP contribution < -0.4 is 10.3 Å². The van der Waals surface area contributed by atoms with Crippen LogP contribution in [0.25, 0.3) is 11.1 Å². The molecular formula is C16H17NO4. The average Bonchev–Trinajstić information content (AvgIpc) is 2.40. The van der Waals surface area contributed by atoms with Gasteiger partial charge in [0.05, 0.1) is 7.11 Å². The largest absolute Gasteiger partial charge is 0.497 e. The van der Waals surface area contributed by atoms with E-state index in [0.29, 0.717) is 0 Å². The van der Waals surface area contributed by atoms with Crippen molar-refractivity contribution in [2.75, 3.05) is 7.11 Å². The lowest BCUT2D eigenvalue weighted by Gasteiger charge is -2.13. The van der Waals surface area contributed by atoms with Gasteiger partial charge in [0.25, 0.3) is 5.56 Å². The Kier molecular flexibility index (Phi) is 4.12. The molecule has 0 aliphatic heterocycles. The summed E-state index contributed by atoms with van der Waals surface area (Å²) >= 11 is 0.